The predicted octanol–water partition coefficient (Wildman–Crippen LogP) is 4.38. The second-order valence-electron chi connectivity index (χ2n) is 6.96. The lowest BCUT2D eigenvalue weighted by Crippen LogP contribution is -2.39. The van der Waals surface area contributed by atoms with Gasteiger partial charge in [0.25, 0.3) is 0 Å². The third kappa shape index (κ3) is 4.55. The lowest BCUT2D eigenvalue weighted by Gasteiger charge is -2.28. The topological polar surface area (TPSA) is 35.5 Å². The molecule has 2 unspecified atom stereocenters. The average Bonchev–Trinajstić information content (AvgIpc) is 2.60. The Morgan fingerprint density at radius 2 is 1.91 bits per heavy atom. The molecule has 0 heterocycles. The quantitative estimate of drug-likeness (QED) is 0.440. The Morgan fingerprint density at radius 1 is 1.26 bits per heavy atom. The zero-order valence-electron chi connectivity index (χ0n) is 14.5. The van der Waals surface area contributed by atoms with Crippen molar-refractivity contribution in [3.05, 3.63) is 42.1 Å². The maximum atomic E-state index is 12.2. The van der Waals surface area contributed by atoms with Crippen LogP contribution in [0.4, 0.5) is 0 Å². The van der Waals surface area contributed by atoms with E-state index in [1.165, 1.54) is 11.6 Å². The third-order valence-electron chi connectivity index (χ3n) is 4.99. The van der Waals surface area contributed by atoms with E-state index in [1.807, 2.05) is 30.0 Å². The van der Waals surface area contributed by atoms with Gasteiger partial charge in [-0.15, -0.1) is 6.58 Å². The van der Waals surface area contributed by atoms with Gasteiger partial charge in [0.1, 0.15) is 14.2 Å². The molecule has 0 amide bonds. The summed E-state index contributed by atoms with van der Waals surface area (Å²) < 4.78 is 0. The van der Waals surface area contributed by atoms with Crippen molar-refractivity contribution in [1.29, 1.82) is 0 Å². The highest BCUT2D eigenvalue weighted by atomic mass is 28.3. The highest BCUT2D eigenvalue weighted by Gasteiger charge is 2.27. The van der Waals surface area contributed by atoms with Crippen LogP contribution in [0.15, 0.2) is 36.5 Å². The summed E-state index contributed by atoms with van der Waals surface area (Å²) in [5.41, 5.74) is 2.57. The van der Waals surface area contributed by atoms with Gasteiger partial charge in [0.05, 0.1) is 5.56 Å². The van der Waals surface area contributed by atoms with Gasteiger partial charge in [0, 0.05) is 0 Å². The summed E-state index contributed by atoms with van der Waals surface area (Å²) in [6.45, 7) is 10.5. The lowest BCUT2D eigenvalue weighted by atomic mass is 9.85. The molecule has 3 nitrogen and oxygen atoms in total. The zero-order valence-corrected chi connectivity index (χ0v) is 15.5. The normalized spacial score (nSPS) is 21.7. The summed E-state index contributed by atoms with van der Waals surface area (Å²) in [7, 11) is -1.59. The Balaban J connectivity index is 1.94. The van der Waals surface area contributed by atoms with Crippen molar-refractivity contribution in [2.75, 3.05) is 0 Å². The van der Waals surface area contributed by atoms with Crippen LogP contribution >= 0.6 is 0 Å². The third-order valence-corrected chi connectivity index (χ3v) is 7.83. The van der Waals surface area contributed by atoms with Crippen molar-refractivity contribution in [1.82, 2.24) is 0 Å². The minimum atomic E-state index is -1.59. The Hall–Kier alpha value is -1.39. The van der Waals surface area contributed by atoms with Crippen LogP contribution in [0, 0.1) is 5.92 Å². The Kier molecular flexibility index (Phi) is 6.19. The van der Waals surface area contributed by atoms with Crippen LogP contribution in [0.25, 0.3) is 0 Å². The zero-order chi connectivity index (χ0) is 16.9. The largest absolute Gasteiger partial charge is 0.373 e. The van der Waals surface area contributed by atoms with E-state index in [4.69, 9.17) is 9.78 Å². The predicted molar refractivity (Wildman–Crippen MR) is 96.3 cm³/mol. The summed E-state index contributed by atoms with van der Waals surface area (Å²) in [5.74, 6) is 0.0911. The van der Waals surface area contributed by atoms with Crippen LogP contribution < -0.4 is 5.19 Å². The molecule has 0 spiro atoms. The van der Waals surface area contributed by atoms with E-state index >= 15 is 0 Å². The second-order valence-corrected chi connectivity index (χ2v) is 11.4. The molecule has 0 saturated heterocycles. The maximum Gasteiger partial charge on any atom is 0.373 e. The highest BCUT2D eigenvalue weighted by molar-refractivity contribution is 6.93. The van der Waals surface area contributed by atoms with Crippen LogP contribution in [0.3, 0.4) is 0 Å². The molecule has 0 radical (unpaired) electrons. The molecule has 1 aliphatic rings. The van der Waals surface area contributed by atoms with Crippen LogP contribution in [-0.2, 0) is 9.78 Å². The molecule has 0 aromatic heterocycles. The summed E-state index contributed by atoms with van der Waals surface area (Å²) in [4.78, 5) is 22.7. The van der Waals surface area contributed by atoms with Crippen molar-refractivity contribution >= 4 is 19.2 Å². The van der Waals surface area contributed by atoms with Gasteiger partial charge in [-0.25, -0.2) is 4.79 Å². The van der Waals surface area contributed by atoms with Gasteiger partial charge in [-0.05, 0) is 30.9 Å². The molecule has 0 bridgehead atoms. The molecule has 1 aliphatic carbocycles. The SMILES string of the molecule is C=C[Si](C)(C)c1ccc(C(=O)OOC2CCCCC2CC)cc1. The van der Waals surface area contributed by atoms with Crippen LogP contribution in [0.5, 0.6) is 0 Å². The van der Waals surface area contributed by atoms with Crippen LogP contribution in [0.1, 0.15) is 49.4 Å². The number of carbonyl (C=O) groups is 1. The van der Waals surface area contributed by atoms with Gasteiger partial charge < -0.3 is 0 Å². The molecule has 4 heteroatoms. The summed E-state index contributed by atoms with van der Waals surface area (Å²) in [6, 6.07) is 7.63. The molecule has 1 saturated carbocycles. The minimum Gasteiger partial charge on any atom is -0.293 e. The van der Waals surface area contributed by atoms with Crippen LogP contribution in [0.2, 0.25) is 13.1 Å². The van der Waals surface area contributed by atoms with E-state index in [2.05, 4.69) is 26.6 Å². The van der Waals surface area contributed by atoms with E-state index in [1.54, 1.807) is 0 Å². The molecule has 0 N–H and O–H groups in total. The van der Waals surface area contributed by atoms with E-state index in [-0.39, 0.29) is 6.10 Å². The van der Waals surface area contributed by atoms with Crippen molar-refractivity contribution < 1.29 is 14.6 Å². The van der Waals surface area contributed by atoms with E-state index in [9.17, 15) is 4.79 Å². The number of rotatable bonds is 6. The first-order chi connectivity index (χ1) is 11.0. The smallest absolute Gasteiger partial charge is 0.293 e. The molecule has 23 heavy (non-hydrogen) atoms. The van der Waals surface area contributed by atoms with Gasteiger partial charge in [-0.2, -0.15) is 4.89 Å². The van der Waals surface area contributed by atoms with Gasteiger partial charge >= 0.3 is 5.97 Å². The van der Waals surface area contributed by atoms with Gasteiger partial charge in [0.15, 0.2) is 0 Å². The summed E-state index contributed by atoms with van der Waals surface area (Å²) in [6.07, 6.45) is 5.64. The van der Waals surface area contributed by atoms with Gasteiger partial charge in [-0.1, -0.05) is 62.3 Å². The van der Waals surface area contributed by atoms with Crippen molar-refractivity contribution in [2.24, 2.45) is 5.92 Å². The molecule has 2 atom stereocenters. The number of hydrogen-bond donors (Lipinski definition) is 0. The number of hydrogen-bond acceptors (Lipinski definition) is 3. The minimum absolute atomic E-state index is 0.0454. The number of benzene rings is 1. The number of carbonyl (C=O) groups excluding carboxylic acids is 1. The van der Waals surface area contributed by atoms with Crippen molar-refractivity contribution in [3.8, 4) is 0 Å². The molecule has 2 rings (SSSR count). The molecule has 126 valence electrons. The average molecular weight is 333 g/mol. The van der Waals surface area contributed by atoms with E-state index < -0.39 is 14.0 Å². The Morgan fingerprint density at radius 3 is 2.52 bits per heavy atom. The van der Waals surface area contributed by atoms with Gasteiger partial charge in [-0.3, -0.25) is 4.89 Å². The van der Waals surface area contributed by atoms with Crippen molar-refractivity contribution in [3.63, 3.8) is 0 Å². The monoisotopic (exact) mass is 332 g/mol. The van der Waals surface area contributed by atoms with E-state index in [0.29, 0.717) is 11.5 Å². The summed E-state index contributed by atoms with van der Waals surface area (Å²) >= 11 is 0. The molecule has 1 fully saturated rings. The first-order valence-electron chi connectivity index (χ1n) is 8.59. The standard InChI is InChI=1S/C19H28O3Si/c1-5-15-9-7-8-10-18(15)21-22-19(20)16-11-13-17(14-12-16)23(3,4)6-2/h6,11-15,18H,2,5,7-10H2,1,3-4H3. The summed E-state index contributed by atoms with van der Waals surface area (Å²) in [5, 5.41) is 1.25. The first kappa shape index (κ1) is 18.0. The fourth-order valence-corrected chi connectivity index (χ4v) is 4.34. The van der Waals surface area contributed by atoms with Crippen molar-refractivity contribution in [2.45, 2.75) is 58.2 Å². The first-order valence-corrected chi connectivity index (χ1v) is 11.7. The second kappa shape index (κ2) is 7.93. The lowest BCUT2D eigenvalue weighted by molar-refractivity contribution is -0.290. The fraction of sp³-hybridized carbons (Fsp3) is 0.526. The van der Waals surface area contributed by atoms with E-state index in [0.717, 1.165) is 25.7 Å². The maximum absolute atomic E-state index is 12.2. The molecule has 1 aromatic rings. The van der Waals surface area contributed by atoms with Gasteiger partial charge in [0.2, 0.25) is 0 Å². The fourth-order valence-electron chi connectivity index (χ4n) is 3.07. The van der Waals surface area contributed by atoms with Crippen LogP contribution in [-0.4, -0.2) is 20.1 Å². The molecular weight excluding hydrogens is 304 g/mol. The highest BCUT2D eigenvalue weighted by Crippen LogP contribution is 2.29. The molecule has 1 aromatic carbocycles. The molecular formula is C19H28O3Si. The molecule has 0 aliphatic heterocycles. The Bertz CT molecular complexity index is 536. The Labute approximate surface area is 140 Å².